The van der Waals surface area contributed by atoms with Gasteiger partial charge in [-0.05, 0) is 35.4 Å². The lowest BCUT2D eigenvalue weighted by Crippen LogP contribution is -2.35. The first kappa shape index (κ1) is 17.5. The number of carbonyl (C=O) groups is 1. The van der Waals surface area contributed by atoms with Crippen molar-refractivity contribution < 1.29 is 14.3 Å². The third-order valence-corrected chi connectivity index (χ3v) is 4.28. The second kappa shape index (κ2) is 8.65. The summed E-state index contributed by atoms with van der Waals surface area (Å²) in [5.41, 5.74) is 4.29. The number of hydrogen-bond donors (Lipinski definition) is 1. The summed E-state index contributed by atoms with van der Waals surface area (Å²) in [6.45, 7) is 4.61. The van der Waals surface area contributed by atoms with Gasteiger partial charge in [-0.15, -0.1) is 0 Å². The van der Waals surface area contributed by atoms with E-state index in [0.717, 1.165) is 49.8 Å². The highest BCUT2D eigenvalue weighted by Crippen LogP contribution is 2.19. The minimum atomic E-state index is -0.225. The number of anilines is 2. The molecule has 5 heteroatoms. The second-order valence-corrected chi connectivity index (χ2v) is 6.16. The largest absolute Gasteiger partial charge is 0.469 e. The van der Waals surface area contributed by atoms with Gasteiger partial charge in [0.15, 0.2) is 0 Å². The van der Waals surface area contributed by atoms with E-state index in [1.165, 1.54) is 12.7 Å². The zero-order valence-electron chi connectivity index (χ0n) is 14.5. The van der Waals surface area contributed by atoms with Crippen molar-refractivity contribution in [2.45, 2.75) is 13.0 Å². The van der Waals surface area contributed by atoms with Gasteiger partial charge in [-0.25, -0.2) is 0 Å². The van der Waals surface area contributed by atoms with E-state index in [-0.39, 0.29) is 5.97 Å². The molecule has 0 unspecified atom stereocenters. The van der Waals surface area contributed by atoms with E-state index >= 15 is 0 Å². The number of benzene rings is 2. The Morgan fingerprint density at radius 3 is 2.12 bits per heavy atom. The number of morpholine rings is 1. The van der Waals surface area contributed by atoms with Crippen LogP contribution >= 0.6 is 0 Å². The van der Waals surface area contributed by atoms with Crippen molar-refractivity contribution in [3.63, 3.8) is 0 Å². The lowest BCUT2D eigenvalue weighted by molar-refractivity contribution is -0.139. The molecule has 25 heavy (non-hydrogen) atoms. The summed E-state index contributed by atoms with van der Waals surface area (Å²) < 4.78 is 10.1. The van der Waals surface area contributed by atoms with E-state index in [4.69, 9.17) is 4.74 Å². The van der Waals surface area contributed by atoms with Crippen LogP contribution < -0.4 is 5.32 Å². The lowest BCUT2D eigenvalue weighted by Gasteiger charge is -2.26. The van der Waals surface area contributed by atoms with Crippen molar-refractivity contribution >= 4 is 17.3 Å². The Balaban J connectivity index is 1.54. The number of ether oxygens (including phenoxy) is 2. The number of carbonyl (C=O) groups excluding carboxylic acids is 1. The molecular weight excluding hydrogens is 316 g/mol. The van der Waals surface area contributed by atoms with Crippen molar-refractivity contribution in [3.8, 4) is 0 Å². The molecule has 0 amide bonds. The van der Waals surface area contributed by atoms with E-state index in [1.807, 2.05) is 24.3 Å². The Hall–Kier alpha value is -2.37. The maximum Gasteiger partial charge on any atom is 0.309 e. The third kappa shape index (κ3) is 5.31. The molecule has 0 aliphatic carbocycles. The first-order chi connectivity index (χ1) is 12.2. The zero-order chi connectivity index (χ0) is 17.5. The van der Waals surface area contributed by atoms with Gasteiger partial charge in [-0.1, -0.05) is 24.3 Å². The maximum atomic E-state index is 11.3. The molecule has 1 N–H and O–H groups in total. The highest BCUT2D eigenvalue weighted by Gasteiger charge is 2.10. The van der Waals surface area contributed by atoms with Crippen LogP contribution in [0.25, 0.3) is 0 Å². The van der Waals surface area contributed by atoms with Crippen LogP contribution in [0.15, 0.2) is 48.5 Å². The molecule has 2 aromatic rings. The maximum absolute atomic E-state index is 11.3. The highest BCUT2D eigenvalue weighted by molar-refractivity contribution is 5.72. The fourth-order valence-electron chi connectivity index (χ4n) is 2.82. The molecule has 5 nitrogen and oxygen atoms in total. The van der Waals surface area contributed by atoms with E-state index in [1.54, 1.807) is 0 Å². The lowest BCUT2D eigenvalue weighted by atomic mass is 10.1. The fourth-order valence-corrected chi connectivity index (χ4v) is 2.82. The van der Waals surface area contributed by atoms with Crippen LogP contribution in [0.3, 0.4) is 0 Å². The van der Waals surface area contributed by atoms with E-state index in [0.29, 0.717) is 6.42 Å². The quantitative estimate of drug-likeness (QED) is 0.820. The molecule has 0 bridgehead atoms. The normalized spacial score (nSPS) is 14.9. The SMILES string of the molecule is COC(=O)Cc1ccc(Nc2ccc(CN3CCOCC3)cc2)cc1. The van der Waals surface area contributed by atoms with Gasteiger partial charge in [0.1, 0.15) is 0 Å². The van der Waals surface area contributed by atoms with Crippen LogP contribution in [0, 0.1) is 0 Å². The summed E-state index contributed by atoms with van der Waals surface area (Å²) in [6, 6.07) is 16.3. The molecule has 0 atom stereocenters. The van der Waals surface area contributed by atoms with Crippen LogP contribution in [-0.2, 0) is 27.2 Å². The van der Waals surface area contributed by atoms with E-state index in [2.05, 4.69) is 39.2 Å². The number of rotatable bonds is 6. The smallest absolute Gasteiger partial charge is 0.309 e. The third-order valence-electron chi connectivity index (χ3n) is 4.28. The van der Waals surface area contributed by atoms with Gasteiger partial charge < -0.3 is 14.8 Å². The van der Waals surface area contributed by atoms with Crippen molar-refractivity contribution in [1.29, 1.82) is 0 Å². The van der Waals surface area contributed by atoms with Crippen LogP contribution in [0.5, 0.6) is 0 Å². The minimum Gasteiger partial charge on any atom is -0.469 e. The number of nitrogens with zero attached hydrogens (tertiary/aromatic N) is 1. The Bertz CT molecular complexity index is 677. The van der Waals surface area contributed by atoms with Crippen molar-refractivity contribution in [2.75, 3.05) is 38.7 Å². The monoisotopic (exact) mass is 340 g/mol. The van der Waals surface area contributed by atoms with Gasteiger partial charge in [0.25, 0.3) is 0 Å². The summed E-state index contributed by atoms with van der Waals surface area (Å²) >= 11 is 0. The summed E-state index contributed by atoms with van der Waals surface area (Å²) in [7, 11) is 1.40. The molecule has 1 heterocycles. The van der Waals surface area contributed by atoms with Gasteiger partial charge in [0.05, 0.1) is 26.7 Å². The van der Waals surface area contributed by atoms with Crippen LogP contribution in [0.2, 0.25) is 0 Å². The molecule has 2 aromatic carbocycles. The second-order valence-electron chi connectivity index (χ2n) is 6.16. The van der Waals surface area contributed by atoms with Gasteiger partial charge >= 0.3 is 5.97 Å². The molecule has 132 valence electrons. The summed E-state index contributed by atoms with van der Waals surface area (Å²) in [5, 5.41) is 3.38. The molecule has 1 aliphatic rings. The number of hydrogen-bond acceptors (Lipinski definition) is 5. The van der Waals surface area contributed by atoms with Crippen LogP contribution in [-0.4, -0.2) is 44.3 Å². The van der Waals surface area contributed by atoms with Crippen molar-refractivity contribution in [1.82, 2.24) is 4.90 Å². The van der Waals surface area contributed by atoms with Crippen LogP contribution in [0.4, 0.5) is 11.4 Å². The van der Waals surface area contributed by atoms with Gasteiger partial charge in [-0.2, -0.15) is 0 Å². The zero-order valence-corrected chi connectivity index (χ0v) is 14.5. The predicted octanol–water partition coefficient (Wildman–Crippen LogP) is 2.98. The Morgan fingerprint density at radius 1 is 1.00 bits per heavy atom. The molecular formula is C20H24N2O3. The molecule has 0 spiro atoms. The minimum absolute atomic E-state index is 0.225. The first-order valence-corrected chi connectivity index (χ1v) is 8.55. The fraction of sp³-hybridized carbons (Fsp3) is 0.350. The molecule has 0 saturated carbocycles. The number of esters is 1. The molecule has 3 rings (SSSR count). The molecule has 1 aliphatic heterocycles. The van der Waals surface area contributed by atoms with Crippen molar-refractivity contribution in [2.24, 2.45) is 0 Å². The van der Waals surface area contributed by atoms with Gasteiger partial charge in [0.2, 0.25) is 0 Å². The molecule has 0 aromatic heterocycles. The standard InChI is InChI=1S/C20H24N2O3/c1-24-20(23)14-16-2-6-18(7-3-16)21-19-8-4-17(5-9-19)15-22-10-12-25-13-11-22/h2-9,21H,10-15H2,1H3. The van der Waals surface area contributed by atoms with E-state index < -0.39 is 0 Å². The summed E-state index contributed by atoms with van der Waals surface area (Å²) in [4.78, 5) is 13.7. The topological polar surface area (TPSA) is 50.8 Å². The first-order valence-electron chi connectivity index (χ1n) is 8.55. The summed E-state index contributed by atoms with van der Waals surface area (Å²) in [6.07, 6.45) is 0.299. The molecule has 1 saturated heterocycles. The average Bonchev–Trinajstić information content (AvgIpc) is 2.66. The Labute approximate surface area is 148 Å². The Morgan fingerprint density at radius 2 is 1.56 bits per heavy atom. The number of methoxy groups -OCH3 is 1. The van der Waals surface area contributed by atoms with Crippen molar-refractivity contribution in [3.05, 3.63) is 59.7 Å². The predicted molar refractivity (Wildman–Crippen MR) is 98.0 cm³/mol. The van der Waals surface area contributed by atoms with Gasteiger partial charge in [0, 0.05) is 31.0 Å². The van der Waals surface area contributed by atoms with E-state index in [9.17, 15) is 4.79 Å². The molecule has 1 fully saturated rings. The molecule has 0 radical (unpaired) electrons. The highest BCUT2D eigenvalue weighted by atomic mass is 16.5. The average molecular weight is 340 g/mol. The number of nitrogens with one attached hydrogen (secondary N) is 1. The summed E-state index contributed by atoms with van der Waals surface area (Å²) in [5.74, 6) is -0.225. The van der Waals surface area contributed by atoms with Gasteiger partial charge in [-0.3, -0.25) is 9.69 Å². The Kier molecular flexibility index (Phi) is 6.04. The van der Waals surface area contributed by atoms with Crippen LogP contribution in [0.1, 0.15) is 11.1 Å².